The molecular formula is C35H35N3O9. The van der Waals surface area contributed by atoms with Crippen LogP contribution in [-0.2, 0) is 34.2 Å². The maximum Gasteiger partial charge on any atom is 0.509 e. The van der Waals surface area contributed by atoms with Crippen LogP contribution in [0.3, 0.4) is 0 Å². The molecular weight excluding hydrogens is 606 g/mol. The van der Waals surface area contributed by atoms with E-state index in [0.717, 1.165) is 16.7 Å². The number of ether oxygens (including phenoxy) is 5. The number of nitrogens with zero attached hydrogens (tertiary/aromatic N) is 2. The number of fused-ring (bicyclic) bond motifs is 1. The lowest BCUT2D eigenvalue weighted by Gasteiger charge is -2.35. The lowest BCUT2D eigenvalue weighted by atomic mass is 9.80. The first-order chi connectivity index (χ1) is 22.6. The number of carbonyl (C=O) groups is 2. The van der Waals surface area contributed by atoms with Gasteiger partial charge in [0.15, 0.2) is 29.9 Å². The van der Waals surface area contributed by atoms with Gasteiger partial charge in [-0.2, -0.15) is 4.98 Å². The van der Waals surface area contributed by atoms with Crippen molar-refractivity contribution in [3.63, 3.8) is 0 Å². The Bertz CT molecular complexity index is 1730. The number of carbonyl (C=O) groups excluding carboxylic acids is 2. The molecule has 0 saturated carbocycles. The van der Waals surface area contributed by atoms with E-state index in [0.29, 0.717) is 5.75 Å². The van der Waals surface area contributed by atoms with Crippen molar-refractivity contribution in [2.24, 2.45) is 5.41 Å². The summed E-state index contributed by atoms with van der Waals surface area (Å²) in [5.41, 5.74) is 2.75. The van der Waals surface area contributed by atoms with Crippen molar-refractivity contribution in [1.82, 2.24) is 9.55 Å². The van der Waals surface area contributed by atoms with E-state index in [1.54, 1.807) is 33.9 Å². The number of methoxy groups -OCH3 is 1. The fourth-order valence-electron chi connectivity index (χ4n) is 5.60. The first-order valence-corrected chi connectivity index (χ1v) is 15.1. The van der Waals surface area contributed by atoms with Crippen LogP contribution in [0.2, 0.25) is 0 Å². The van der Waals surface area contributed by atoms with Crippen molar-refractivity contribution in [3.05, 3.63) is 124 Å². The van der Waals surface area contributed by atoms with E-state index in [9.17, 15) is 14.4 Å². The zero-order chi connectivity index (χ0) is 33.2. The molecule has 4 aromatic rings. The van der Waals surface area contributed by atoms with Gasteiger partial charge in [0.2, 0.25) is 0 Å². The SMILES string of the molecule is COc1ccc(C(ONc2ccn([C@@H]3O[C@H](COC(=O)C(C)(C)C)[C@H]4OC(=O)O[C@H]43)c(=O)n2)(c2ccccc2)c2ccccc2)cc1. The first kappa shape index (κ1) is 31.8. The summed E-state index contributed by atoms with van der Waals surface area (Å²) in [7, 11) is 1.60. The quantitative estimate of drug-likeness (QED) is 0.143. The molecule has 0 aliphatic carbocycles. The van der Waals surface area contributed by atoms with Crippen LogP contribution in [0, 0.1) is 5.41 Å². The predicted molar refractivity (Wildman–Crippen MR) is 168 cm³/mol. The zero-order valence-electron chi connectivity index (χ0n) is 26.3. The Hall–Kier alpha value is -5.20. The van der Waals surface area contributed by atoms with Crippen LogP contribution in [-0.4, -0.2) is 53.7 Å². The predicted octanol–water partition coefficient (Wildman–Crippen LogP) is 4.98. The number of anilines is 1. The van der Waals surface area contributed by atoms with Crippen LogP contribution in [0.25, 0.3) is 0 Å². The molecule has 0 amide bonds. The number of nitrogens with one attached hydrogen (secondary N) is 1. The van der Waals surface area contributed by atoms with Gasteiger partial charge < -0.3 is 23.7 Å². The molecule has 12 nitrogen and oxygen atoms in total. The van der Waals surface area contributed by atoms with E-state index in [4.69, 9.17) is 28.5 Å². The summed E-state index contributed by atoms with van der Waals surface area (Å²) in [6, 6.07) is 28.4. The molecule has 0 bridgehead atoms. The van der Waals surface area contributed by atoms with Gasteiger partial charge >= 0.3 is 17.8 Å². The van der Waals surface area contributed by atoms with Crippen LogP contribution in [0.1, 0.15) is 43.7 Å². The molecule has 1 aromatic heterocycles. The maximum absolute atomic E-state index is 13.4. The Morgan fingerprint density at radius 2 is 1.45 bits per heavy atom. The number of rotatable bonds is 10. The highest BCUT2D eigenvalue weighted by Gasteiger charge is 2.55. The lowest BCUT2D eigenvalue weighted by molar-refractivity contribution is -0.159. The van der Waals surface area contributed by atoms with Gasteiger partial charge in [-0.1, -0.05) is 72.8 Å². The minimum atomic E-state index is -1.17. The number of hydrogen-bond acceptors (Lipinski definition) is 11. The third-order valence-corrected chi connectivity index (χ3v) is 8.01. The van der Waals surface area contributed by atoms with Gasteiger partial charge in [0.05, 0.1) is 12.5 Å². The van der Waals surface area contributed by atoms with Crippen molar-refractivity contribution in [2.45, 2.75) is 50.9 Å². The Morgan fingerprint density at radius 1 is 0.851 bits per heavy atom. The zero-order valence-corrected chi connectivity index (χ0v) is 26.3. The van der Waals surface area contributed by atoms with E-state index < -0.39 is 53.4 Å². The van der Waals surface area contributed by atoms with Gasteiger partial charge in [0, 0.05) is 6.20 Å². The fraction of sp³-hybridized carbons (Fsp3) is 0.314. The summed E-state index contributed by atoms with van der Waals surface area (Å²) in [4.78, 5) is 48.6. The van der Waals surface area contributed by atoms with Crippen molar-refractivity contribution >= 4 is 17.9 Å². The van der Waals surface area contributed by atoms with E-state index >= 15 is 0 Å². The Labute approximate surface area is 271 Å². The fourth-order valence-corrected chi connectivity index (χ4v) is 5.60. The molecule has 0 spiro atoms. The van der Waals surface area contributed by atoms with E-state index in [-0.39, 0.29) is 12.4 Å². The van der Waals surface area contributed by atoms with Crippen molar-refractivity contribution in [1.29, 1.82) is 0 Å². The highest BCUT2D eigenvalue weighted by atomic mass is 16.8. The van der Waals surface area contributed by atoms with E-state index in [2.05, 4.69) is 10.5 Å². The topological polar surface area (TPSA) is 136 Å². The van der Waals surface area contributed by atoms with Crippen LogP contribution in [0.4, 0.5) is 10.6 Å². The molecule has 244 valence electrons. The standard InChI is InChI=1S/C35H35N3O9/c1-34(2,3)31(39)43-21-26-28-29(46-33(41)45-28)30(44-26)38-20-19-27(36-32(38)40)37-47-35(22-11-7-5-8-12-22,23-13-9-6-10-14-23)24-15-17-25(42-4)18-16-24/h5-20,26,28-30H,21H2,1-4H3,(H,36,37,40)/t26-,28-,29-,30-/m1/s1. The summed E-state index contributed by atoms with van der Waals surface area (Å²) in [5.74, 6) is 0.365. The number of aromatic nitrogens is 2. The Balaban J connectivity index is 1.29. The van der Waals surface area contributed by atoms with Gasteiger partial charge in [-0.3, -0.25) is 14.2 Å². The molecule has 0 radical (unpaired) electrons. The molecule has 3 aromatic carbocycles. The van der Waals surface area contributed by atoms with Crippen molar-refractivity contribution in [3.8, 4) is 5.75 Å². The summed E-state index contributed by atoms with van der Waals surface area (Å²) < 4.78 is 28.7. The van der Waals surface area contributed by atoms with Gasteiger partial charge in [-0.15, -0.1) is 0 Å². The smallest absolute Gasteiger partial charge is 0.497 e. The molecule has 12 heteroatoms. The highest BCUT2D eigenvalue weighted by Crippen LogP contribution is 2.41. The van der Waals surface area contributed by atoms with Crippen molar-refractivity contribution in [2.75, 3.05) is 19.2 Å². The summed E-state index contributed by atoms with van der Waals surface area (Å²) >= 11 is 0. The molecule has 2 aliphatic rings. The molecule has 6 rings (SSSR count). The molecule has 0 unspecified atom stereocenters. The van der Waals surface area contributed by atoms with Crippen molar-refractivity contribution < 1.29 is 38.1 Å². The van der Waals surface area contributed by atoms with E-state index in [1.165, 1.54) is 10.8 Å². The van der Waals surface area contributed by atoms with Crippen LogP contribution < -0.4 is 15.9 Å². The second-order valence-corrected chi connectivity index (χ2v) is 12.2. The highest BCUT2D eigenvalue weighted by molar-refractivity contribution is 5.75. The molecule has 4 atom stereocenters. The minimum absolute atomic E-state index is 0.126. The molecule has 3 heterocycles. The molecule has 47 heavy (non-hydrogen) atoms. The second kappa shape index (κ2) is 12.9. The average molecular weight is 642 g/mol. The van der Waals surface area contributed by atoms with Crippen LogP contribution in [0.15, 0.2) is 102 Å². The van der Waals surface area contributed by atoms with Gasteiger partial charge in [-0.05, 0) is 55.7 Å². The monoisotopic (exact) mass is 641 g/mol. The number of benzene rings is 3. The molecule has 2 saturated heterocycles. The largest absolute Gasteiger partial charge is 0.509 e. The van der Waals surface area contributed by atoms with Gasteiger partial charge in [0.25, 0.3) is 0 Å². The summed E-state index contributed by atoms with van der Waals surface area (Å²) in [6.07, 6.45) is -3.18. The molecule has 1 N–H and O–H groups in total. The third-order valence-electron chi connectivity index (χ3n) is 8.01. The Morgan fingerprint density at radius 3 is 2.02 bits per heavy atom. The number of hydrogen-bond donors (Lipinski definition) is 1. The lowest BCUT2D eigenvalue weighted by Crippen LogP contribution is -2.37. The summed E-state index contributed by atoms with van der Waals surface area (Å²) in [5, 5.41) is 0. The third kappa shape index (κ3) is 6.29. The maximum atomic E-state index is 13.4. The Kier molecular flexibility index (Phi) is 8.71. The van der Waals surface area contributed by atoms with E-state index in [1.807, 2.05) is 84.9 Å². The van der Waals surface area contributed by atoms with Gasteiger partial charge in [0.1, 0.15) is 18.5 Å². The summed E-state index contributed by atoms with van der Waals surface area (Å²) in [6.45, 7) is 4.98. The minimum Gasteiger partial charge on any atom is -0.497 e. The molecule has 2 fully saturated rings. The molecule has 2 aliphatic heterocycles. The second-order valence-electron chi connectivity index (χ2n) is 12.2. The van der Waals surface area contributed by atoms with Gasteiger partial charge in [-0.25, -0.2) is 15.1 Å². The number of esters is 1. The van der Waals surface area contributed by atoms with Crippen LogP contribution >= 0.6 is 0 Å². The van der Waals surface area contributed by atoms with Crippen LogP contribution in [0.5, 0.6) is 5.75 Å². The first-order valence-electron chi connectivity index (χ1n) is 15.1. The normalized spacial score (nSPS) is 20.6. The average Bonchev–Trinajstić information content (AvgIpc) is 3.62.